The molecule has 1 aromatic rings. The maximum atomic E-state index is 12.4. The summed E-state index contributed by atoms with van der Waals surface area (Å²) in [6.07, 6.45) is -4.47. The van der Waals surface area contributed by atoms with Crippen LogP contribution in [-0.2, 0) is 11.5 Å². The Morgan fingerprint density at radius 2 is 1.79 bits per heavy atom. The largest absolute Gasteiger partial charge is 0.417 e. The van der Waals surface area contributed by atoms with Crippen LogP contribution in [0.3, 0.4) is 0 Å². The van der Waals surface area contributed by atoms with Crippen molar-refractivity contribution in [2.75, 3.05) is 0 Å². The Morgan fingerprint density at radius 1 is 1.21 bits per heavy atom. The fourth-order valence-corrected chi connectivity index (χ4v) is 1.71. The average molecular weight is 308 g/mol. The van der Waals surface area contributed by atoms with Crippen LogP contribution < -0.4 is 0 Å². The first-order chi connectivity index (χ1) is 6.36. The van der Waals surface area contributed by atoms with Crippen LogP contribution in [-0.4, -0.2) is 0 Å². The van der Waals surface area contributed by atoms with Gasteiger partial charge < -0.3 is 0 Å². The van der Waals surface area contributed by atoms with Crippen molar-refractivity contribution in [1.29, 1.82) is 0 Å². The zero-order valence-corrected chi connectivity index (χ0v) is 9.73. The molecule has 0 saturated carbocycles. The van der Waals surface area contributed by atoms with Gasteiger partial charge in [0.25, 0.3) is 0 Å². The molecule has 0 aliphatic carbocycles. The SMILES string of the molecule is FC(F)(F)c1cc(CBr)cc(Cl)c1Cl. The summed E-state index contributed by atoms with van der Waals surface area (Å²) in [5.74, 6) is 0. The van der Waals surface area contributed by atoms with Gasteiger partial charge in [0.1, 0.15) is 0 Å². The highest BCUT2D eigenvalue weighted by atomic mass is 79.9. The Balaban J connectivity index is 3.35. The van der Waals surface area contributed by atoms with Crippen molar-refractivity contribution >= 4 is 39.1 Å². The molecular formula is C8H4BrCl2F3. The zero-order chi connectivity index (χ0) is 10.9. The second-order valence-corrected chi connectivity index (χ2v) is 3.92. The second kappa shape index (κ2) is 4.29. The van der Waals surface area contributed by atoms with E-state index in [0.29, 0.717) is 10.9 Å². The molecular weight excluding hydrogens is 304 g/mol. The lowest BCUT2D eigenvalue weighted by molar-refractivity contribution is -0.137. The van der Waals surface area contributed by atoms with E-state index in [0.717, 1.165) is 6.07 Å². The Hall–Kier alpha value is 0.0700. The number of hydrogen-bond acceptors (Lipinski definition) is 0. The standard InChI is InChI=1S/C8H4BrCl2F3/c9-3-4-1-5(8(12,13)14)7(11)6(10)2-4/h1-2H,3H2. The molecule has 0 saturated heterocycles. The van der Waals surface area contributed by atoms with Gasteiger partial charge in [-0.05, 0) is 17.7 Å². The van der Waals surface area contributed by atoms with Gasteiger partial charge in [-0.2, -0.15) is 13.2 Å². The van der Waals surface area contributed by atoms with Gasteiger partial charge in [-0.3, -0.25) is 0 Å². The van der Waals surface area contributed by atoms with Gasteiger partial charge in [0.05, 0.1) is 15.6 Å². The Kier molecular flexibility index (Phi) is 3.72. The molecule has 78 valence electrons. The van der Waals surface area contributed by atoms with Crippen LogP contribution in [0.5, 0.6) is 0 Å². The van der Waals surface area contributed by atoms with E-state index in [-0.39, 0.29) is 5.02 Å². The highest BCUT2D eigenvalue weighted by Gasteiger charge is 2.34. The molecule has 0 atom stereocenters. The molecule has 0 radical (unpaired) electrons. The minimum absolute atomic E-state index is 0.0871. The number of alkyl halides is 4. The summed E-state index contributed by atoms with van der Waals surface area (Å²) >= 11 is 14.0. The topological polar surface area (TPSA) is 0 Å². The predicted octanol–water partition coefficient (Wildman–Crippen LogP) is 4.91. The van der Waals surface area contributed by atoms with Crippen LogP contribution in [0.15, 0.2) is 12.1 Å². The lowest BCUT2D eigenvalue weighted by Crippen LogP contribution is -2.06. The minimum Gasteiger partial charge on any atom is -0.166 e. The van der Waals surface area contributed by atoms with E-state index in [9.17, 15) is 13.2 Å². The first-order valence-electron chi connectivity index (χ1n) is 3.47. The van der Waals surface area contributed by atoms with Crippen LogP contribution in [0.1, 0.15) is 11.1 Å². The molecule has 0 N–H and O–H groups in total. The third-order valence-corrected chi connectivity index (χ3v) is 3.00. The van der Waals surface area contributed by atoms with E-state index in [2.05, 4.69) is 15.9 Å². The quantitative estimate of drug-likeness (QED) is 0.647. The van der Waals surface area contributed by atoms with Crippen molar-refractivity contribution in [3.05, 3.63) is 33.3 Å². The van der Waals surface area contributed by atoms with Crippen LogP contribution in [0.4, 0.5) is 13.2 Å². The zero-order valence-electron chi connectivity index (χ0n) is 6.63. The lowest BCUT2D eigenvalue weighted by atomic mass is 10.1. The maximum Gasteiger partial charge on any atom is 0.417 e. The first-order valence-corrected chi connectivity index (χ1v) is 5.35. The summed E-state index contributed by atoms with van der Waals surface area (Å²) < 4.78 is 37.2. The first kappa shape index (κ1) is 12.1. The minimum atomic E-state index is -4.47. The molecule has 14 heavy (non-hydrogen) atoms. The van der Waals surface area contributed by atoms with E-state index in [1.807, 2.05) is 0 Å². The van der Waals surface area contributed by atoms with Crippen molar-refractivity contribution in [2.24, 2.45) is 0 Å². The predicted molar refractivity (Wildman–Crippen MR) is 54.1 cm³/mol. The van der Waals surface area contributed by atoms with Crippen molar-refractivity contribution in [2.45, 2.75) is 11.5 Å². The fourth-order valence-electron chi connectivity index (χ4n) is 0.929. The molecule has 0 bridgehead atoms. The summed E-state index contributed by atoms with van der Waals surface area (Å²) in [6, 6.07) is 2.37. The van der Waals surface area contributed by atoms with Gasteiger partial charge >= 0.3 is 6.18 Å². The molecule has 1 aromatic carbocycles. The number of halogens is 6. The van der Waals surface area contributed by atoms with Gasteiger partial charge in [-0.1, -0.05) is 39.1 Å². The van der Waals surface area contributed by atoms with Crippen LogP contribution in [0.25, 0.3) is 0 Å². The van der Waals surface area contributed by atoms with Crippen molar-refractivity contribution in [1.82, 2.24) is 0 Å². The van der Waals surface area contributed by atoms with Gasteiger partial charge in [-0.25, -0.2) is 0 Å². The van der Waals surface area contributed by atoms with Gasteiger partial charge in [-0.15, -0.1) is 0 Å². The maximum absolute atomic E-state index is 12.4. The normalized spacial score (nSPS) is 11.9. The molecule has 0 aliphatic heterocycles. The van der Waals surface area contributed by atoms with E-state index in [4.69, 9.17) is 23.2 Å². The van der Waals surface area contributed by atoms with Crippen LogP contribution in [0.2, 0.25) is 10.0 Å². The molecule has 0 aliphatic rings. The second-order valence-electron chi connectivity index (χ2n) is 2.57. The van der Waals surface area contributed by atoms with E-state index in [1.54, 1.807) is 0 Å². The monoisotopic (exact) mass is 306 g/mol. The van der Waals surface area contributed by atoms with Gasteiger partial charge in [0.2, 0.25) is 0 Å². The van der Waals surface area contributed by atoms with Crippen LogP contribution >= 0.6 is 39.1 Å². The number of rotatable bonds is 1. The molecule has 0 aromatic heterocycles. The molecule has 0 spiro atoms. The summed E-state index contributed by atoms with van der Waals surface area (Å²) in [5.41, 5.74) is -0.465. The average Bonchev–Trinajstić information content (AvgIpc) is 2.07. The summed E-state index contributed by atoms with van der Waals surface area (Å²) in [6.45, 7) is 0. The molecule has 0 heterocycles. The van der Waals surface area contributed by atoms with Gasteiger partial charge in [0.15, 0.2) is 0 Å². The number of hydrogen-bond donors (Lipinski definition) is 0. The van der Waals surface area contributed by atoms with Crippen LogP contribution in [0, 0.1) is 0 Å². The molecule has 0 amide bonds. The fraction of sp³-hybridized carbons (Fsp3) is 0.250. The number of benzene rings is 1. The van der Waals surface area contributed by atoms with E-state index < -0.39 is 16.8 Å². The summed E-state index contributed by atoms with van der Waals surface area (Å²) in [4.78, 5) is 0. The Labute approximate surface area is 97.1 Å². The highest BCUT2D eigenvalue weighted by molar-refractivity contribution is 9.08. The third kappa shape index (κ3) is 2.55. The van der Waals surface area contributed by atoms with Gasteiger partial charge in [0, 0.05) is 5.33 Å². The highest BCUT2D eigenvalue weighted by Crippen LogP contribution is 2.39. The van der Waals surface area contributed by atoms with Crippen molar-refractivity contribution in [3.63, 3.8) is 0 Å². The van der Waals surface area contributed by atoms with Crippen molar-refractivity contribution in [3.8, 4) is 0 Å². The van der Waals surface area contributed by atoms with E-state index in [1.165, 1.54) is 6.07 Å². The molecule has 6 heteroatoms. The molecule has 0 nitrogen and oxygen atoms in total. The van der Waals surface area contributed by atoms with Crippen molar-refractivity contribution < 1.29 is 13.2 Å². The Morgan fingerprint density at radius 3 is 2.21 bits per heavy atom. The molecule has 0 unspecified atom stereocenters. The Bertz CT molecular complexity index is 349. The lowest BCUT2D eigenvalue weighted by Gasteiger charge is -2.11. The summed E-state index contributed by atoms with van der Waals surface area (Å²) in [5, 5.41) is -0.243. The summed E-state index contributed by atoms with van der Waals surface area (Å²) in [7, 11) is 0. The smallest absolute Gasteiger partial charge is 0.166 e. The third-order valence-electron chi connectivity index (χ3n) is 1.55. The van der Waals surface area contributed by atoms with E-state index >= 15 is 0 Å². The molecule has 1 rings (SSSR count). The molecule has 0 fully saturated rings.